The van der Waals surface area contributed by atoms with Crippen molar-refractivity contribution in [2.24, 2.45) is 0 Å². The van der Waals surface area contributed by atoms with Crippen LogP contribution in [-0.4, -0.2) is 8.42 Å². The SMILES string of the molecule is Cc1ccccc1NS(=O)(=O)c1ccc(F)cc1Br. The molecule has 0 aromatic heterocycles. The molecule has 0 unspecified atom stereocenters. The standard InChI is InChI=1S/C13H11BrFNO2S/c1-9-4-2-3-5-12(9)16-19(17,18)13-7-6-10(15)8-11(13)14/h2-8,16H,1H3. The van der Waals surface area contributed by atoms with Gasteiger partial charge in [0.25, 0.3) is 10.0 Å². The summed E-state index contributed by atoms with van der Waals surface area (Å²) in [4.78, 5) is -0.00264. The third-order valence-electron chi connectivity index (χ3n) is 2.57. The molecule has 2 rings (SSSR count). The summed E-state index contributed by atoms with van der Waals surface area (Å²) in [5.74, 6) is -0.498. The molecule has 1 N–H and O–H groups in total. The van der Waals surface area contributed by atoms with Gasteiger partial charge in [0.2, 0.25) is 0 Å². The lowest BCUT2D eigenvalue weighted by Gasteiger charge is -2.11. The molecule has 0 atom stereocenters. The fourth-order valence-electron chi connectivity index (χ4n) is 1.58. The predicted molar refractivity (Wildman–Crippen MR) is 76.1 cm³/mol. The Morgan fingerprint density at radius 3 is 2.47 bits per heavy atom. The highest BCUT2D eigenvalue weighted by Crippen LogP contribution is 2.25. The predicted octanol–water partition coefficient (Wildman–Crippen LogP) is 3.70. The third-order valence-corrected chi connectivity index (χ3v) is 4.92. The summed E-state index contributed by atoms with van der Waals surface area (Å²) >= 11 is 3.06. The zero-order chi connectivity index (χ0) is 14.0. The first-order chi connectivity index (χ1) is 8.90. The van der Waals surface area contributed by atoms with E-state index in [9.17, 15) is 12.8 Å². The number of rotatable bonds is 3. The number of nitrogens with one attached hydrogen (secondary N) is 1. The van der Waals surface area contributed by atoms with Gasteiger partial charge in [-0.25, -0.2) is 12.8 Å². The molecule has 0 saturated heterocycles. The number of para-hydroxylation sites is 1. The number of benzene rings is 2. The summed E-state index contributed by atoms with van der Waals surface area (Å²) in [6.07, 6.45) is 0. The Morgan fingerprint density at radius 2 is 1.84 bits per heavy atom. The Kier molecular flexibility index (Phi) is 3.91. The zero-order valence-electron chi connectivity index (χ0n) is 10.0. The average molecular weight is 344 g/mol. The molecule has 100 valence electrons. The van der Waals surface area contributed by atoms with Gasteiger partial charge in [-0.05, 0) is 52.7 Å². The molecule has 19 heavy (non-hydrogen) atoms. The lowest BCUT2D eigenvalue weighted by molar-refractivity contribution is 0.599. The van der Waals surface area contributed by atoms with Crippen molar-refractivity contribution in [3.8, 4) is 0 Å². The average Bonchev–Trinajstić information content (AvgIpc) is 2.31. The molecule has 2 aromatic rings. The number of halogens is 2. The van der Waals surface area contributed by atoms with E-state index in [0.717, 1.165) is 17.7 Å². The van der Waals surface area contributed by atoms with Crippen LogP contribution < -0.4 is 4.72 Å². The van der Waals surface area contributed by atoms with E-state index in [1.165, 1.54) is 6.07 Å². The van der Waals surface area contributed by atoms with Crippen molar-refractivity contribution in [2.75, 3.05) is 4.72 Å². The van der Waals surface area contributed by atoms with Crippen LogP contribution >= 0.6 is 15.9 Å². The highest BCUT2D eigenvalue weighted by Gasteiger charge is 2.18. The van der Waals surface area contributed by atoms with Crippen molar-refractivity contribution in [2.45, 2.75) is 11.8 Å². The van der Waals surface area contributed by atoms with Gasteiger partial charge in [-0.15, -0.1) is 0 Å². The second-order valence-electron chi connectivity index (χ2n) is 4.00. The van der Waals surface area contributed by atoms with Crippen LogP contribution in [0.2, 0.25) is 0 Å². The second kappa shape index (κ2) is 5.30. The lowest BCUT2D eigenvalue weighted by atomic mass is 10.2. The fourth-order valence-corrected chi connectivity index (χ4v) is 3.76. The van der Waals surface area contributed by atoms with E-state index in [1.54, 1.807) is 25.1 Å². The molecule has 0 aliphatic rings. The molecule has 0 saturated carbocycles. The van der Waals surface area contributed by atoms with Crippen LogP contribution in [0.25, 0.3) is 0 Å². The lowest BCUT2D eigenvalue weighted by Crippen LogP contribution is -2.14. The smallest absolute Gasteiger partial charge is 0.263 e. The summed E-state index contributed by atoms with van der Waals surface area (Å²) in [5, 5.41) is 0. The monoisotopic (exact) mass is 343 g/mol. The quantitative estimate of drug-likeness (QED) is 0.923. The van der Waals surface area contributed by atoms with Gasteiger partial charge >= 0.3 is 0 Å². The highest BCUT2D eigenvalue weighted by molar-refractivity contribution is 9.10. The Balaban J connectivity index is 2.41. The molecule has 0 heterocycles. The first-order valence-corrected chi connectivity index (χ1v) is 7.71. The topological polar surface area (TPSA) is 46.2 Å². The van der Waals surface area contributed by atoms with Crippen molar-refractivity contribution >= 4 is 31.6 Å². The zero-order valence-corrected chi connectivity index (χ0v) is 12.4. The first-order valence-electron chi connectivity index (χ1n) is 5.43. The number of hydrogen-bond acceptors (Lipinski definition) is 2. The van der Waals surface area contributed by atoms with Gasteiger partial charge in [0.1, 0.15) is 10.7 Å². The van der Waals surface area contributed by atoms with Gasteiger partial charge in [-0.3, -0.25) is 4.72 Å². The van der Waals surface area contributed by atoms with Crippen LogP contribution in [0.1, 0.15) is 5.56 Å². The van der Waals surface area contributed by atoms with Gasteiger partial charge in [0, 0.05) is 4.47 Å². The summed E-state index contributed by atoms with van der Waals surface area (Å²) in [7, 11) is -3.75. The minimum absolute atomic E-state index is 0.00264. The first kappa shape index (κ1) is 14.0. The maximum Gasteiger partial charge on any atom is 0.263 e. The molecule has 0 bridgehead atoms. The Bertz CT molecular complexity index is 716. The number of sulfonamides is 1. The van der Waals surface area contributed by atoms with Crippen molar-refractivity contribution in [3.05, 3.63) is 58.3 Å². The van der Waals surface area contributed by atoms with E-state index < -0.39 is 15.8 Å². The van der Waals surface area contributed by atoms with Crippen molar-refractivity contribution in [1.82, 2.24) is 0 Å². The minimum atomic E-state index is -3.75. The minimum Gasteiger partial charge on any atom is -0.279 e. The number of hydrogen-bond donors (Lipinski definition) is 1. The Morgan fingerprint density at radius 1 is 1.16 bits per heavy atom. The molecule has 0 fully saturated rings. The van der Waals surface area contributed by atoms with Crippen molar-refractivity contribution in [3.63, 3.8) is 0 Å². The van der Waals surface area contributed by atoms with E-state index >= 15 is 0 Å². The largest absolute Gasteiger partial charge is 0.279 e. The maximum atomic E-state index is 13.0. The van der Waals surface area contributed by atoms with Gasteiger partial charge < -0.3 is 0 Å². The van der Waals surface area contributed by atoms with E-state index in [-0.39, 0.29) is 9.37 Å². The molecule has 3 nitrogen and oxygen atoms in total. The van der Waals surface area contributed by atoms with Gasteiger partial charge in [-0.1, -0.05) is 18.2 Å². The molecule has 6 heteroatoms. The van der Waals surface area contributed by atoms with E-state index in [0.29, 0.717) is 5.69 Å². The number of anilines is 1. The molecular weight excluding hydrogens is 333 g/mol. The molecule has 0 radical (unpaired) electrons. The molecular formula is C13H11BrFNO2S. The van der Waals surface area contributed by atoms with Crippen molar-refractivity contribution < 1.29 is 12.8 Å². The molecule has 0 spiro atoms. The molecule has 0 aliphatic carbocycles. The summed E-state index contributed by atoms with van der Waals surface area (Å²) in [6, 6.07) is 10.5. The summed E-state index contributed by atoms with van der Waals surface area (Å²) < 4.78 is 40.1. The highest BCUT2D eigenvalue weighted by atomic mass is 79.9. The van der Waals surface area contributed by atoms with E-state index in [2.05, 4.69) is 20.7 Å². The van der Waals surface area contributed by atoms with Gasteiger partial charge in [-0.2, -0.15) is 0 Å². The Hall–Kier alpha value is -1.40. The third kappa shape index (κ3) is 3.13. The van der Waals surface area contributed by atoms with Crippen LogP contribution in [0.15, 0.2) is 51.8 Å². The van der Waals surface area contributed by atoms with E-state index in [4.69, 9.17) is 0 Å². The molecule has 0 amide bonds. The normalized spacial score (nSPS) is 11.3. The van der Waals surface area contributed by atoms with Crippen molar-refractivity contribution in [1.29, 1.82) is 0 Å². The van der Waals surface area contributed by atoms with Gasteiger partial charge in [0.15, 0.2) is 0 Å². The fraction of sp³-hybridized carbons (Fsp3) is 0.0769. The summed E-state index contributed by atoms with van der Waals surface area (Å²) in [6.45, 7) is 1.80. The van der Waals surface area contributed by atoms with E-state index in [1.807, 2.05) is 6.07 Å². The second-order valence-corrected chi connectivity index (χ2v) is 6.50. The Labute approximate surface area is 119 Å². The van der Waals surface area contributed by atoms with Gasteiger partial charge in [0.05, 0.1) is 5.69 Å². The van der Waals surface area contributed by atoms with Crippen LogP contribution in [0.4, 0.5) is 10.1 Å². The maximum absolute atomic E-state index is 13.0. The van der Waals surface area contributed by atoms with Crippen LogP contribution in [0.3, 0.4) is 0 Å². The number of aryl methyl sites for hydroxylation is 1. The molecule has 0 aliphatic heterocycles. The molecule has 2 aromatic carbocycles. The summed E-state index contributed by atoms with van der Waals surface area (Å²) in [5.41, 5.74) is 1.31. The van der Waals surface area contributed by atoms with Crippen LogP contribution in [-0.2, 0) is 10.0 Å². The van der Waals surface area contributed by atoms with Crippen LogP contribution in [0.5, 0.6) is 0 Å². The van der Waals surface area contributed by atoms with Crippen LogP contribution in [0, 0.1) is 12.7 Å².